The Labute approximate surface area is 230 Å². The number of methoxy groups -OCH3 is 1. The second-order valence-electron chi connectivity index (χ2n) is 9.40. The van der Waals surface area contributed by atoms with Crippen LogP contribution in [0.2, 0.25) is 0 Å². The molecule has 0 fully saturated rings. The molecule has 0 radical (unpaired) electrons. The lowest BCUT2D eigenvalue weighted by Crippen LogP contribution is -2.31. The molecule has 4 aromatic carbocycles. The van der Waals surface area contributed by atoms with Crippen LogP contribution < -0.4 is 10.5 Å². The average Bonchev–Trinajstić information content (AvgIpc) is 3.33. The molecular weight excluding hydrogens is 533 g/mol. The fourth-order valence-electron chi connectivity index (χ4n) is 4.67. The van der Waals surface area contributed by atoms with Crippen LogP contribution in [0.1, 0.15) is 20.7 Å². The van der Waals surface area contributed by atoms with Crippen LogP contribution in [-0.4, -0.2) is 56.6 Å². The van der Waals surface area contributed by atoms with Crippen molar-refractivity contribution < 1.29 is 27.1 Å². The van der Waals surface area contributed by atoms with E-state index < -0.39 is 21.6 Å². The first kappa shape index (κ1) is 26.9. The van der Waals surface area contributed by atoms with E-state index in [0.717, 1.165) is 5.39 Å². The number of H-pyrrole nitrogens is 1. The summed E-state index contributed by atoms with van der Waals surface area (Å²) in [6.45, 7) is 0.00834. The third-order valence-electron chi connectivity index (χ3n) is 6.85. The Morgan fingerprint density at radius 2 is 1.70 bits per heavy atom. The molecule has 0 saturated carbocycles. The van der Waals surface area contributed by atoms with Crippen molar-refractivity contribution in [2.45, 2.75) is 4.90 Å². The predicted molar refractivity (Wildman–Crippen MR) is 152 cm³/mol. The van der Waals surface area contributed by atoms with Gasteiger partial charge in [0.15, 0.2) is 21.4 Å². The van der Waals surface area contributed by atoms with Gasteiger partial charge in [0.05, 0.1) is 28.8 Å². The van der Waals surface area contributed by atoms with Gasteiger partial charge < -0.3 is 20.4 Å². The predicted octanol–water partition coefficient (Wildman–Crippen LogP) is 4.78. The number of aromatic nitrogens is 1. The Balaban J connectivity index is 1.47. The van der Waals surface area contributed by atoms with Crippen molar-refractivity contribution in [2.75, 3.05) is 26.5 Å². The highest BCUT2D eigenvalue weighted by Crippen LogP contribution is 2.34. The number of nitrogens with zero attached hydrogens (tertiary/aromatic N) is 1. The molecule has 2 amide bonds. The molecule has 10 heteroatoms. The zero-order valence-electron chi connectivity index (χ0n) is 21.8. The number of rotatable bonds is 8. The minimum atomic E-state index is -3.54. The smallest absolute Gasteiger partial charge is 0.253 e. The summed E-state index contributed by atoms with van der Waals surface area (Å²) in [5.74, 6) is -1.67. The maximum Gasteiger partial charge on any atom is 0.253 e. The monoisotopic (exact) mass is 559 g/mol. The SMILES string of the molecule is COc1ccc(-c2cc(C(N)=O)c3[nH]c4cc(C(=O)N(C)CCS(=O)(=O)c5ccccc5)ccc4c3c2)cc1F. The third kappa shape index (κ3) is 5.01. The molecule has 5 rings (SSSR count). The first-order valence-electron chi connectivity index (χ1n) is 12.4. The number of aromatic amines is 1. The number of nitrogens with one attached hydrogen (secondary N) is 1. The quantitative estimate of drug-likeness (QED) is 0.283. The summed E-state index contributed by atoms with van der Waals surface area (Å²) in [7, 11) is -0.619. The molecule has 204 valence electrons. The molecule has 0 bridgehead atoms. The summed E-state index contributed by atoms with van der Waals surface area (Å²) < 4.78 is 44.7. The van der Waals surface area contributed by atoms with Gasteiger partial charge in [0.1, 0.15) is 0 Å². The van der Waals surface area contributed by atoms with Gasteiger partial charge in [-0.3, -0.25) is 9.59 Å². The molecule has 3 N–H and O–H groups in total. The van der Waals surface area contributed by atoms with Gasteiger partial charge >= 0.3 is 0 Å². The molecule has 0 aliphatic heterocycles. The van der Waals surface area contributed by atoms with Crippen LogP contribution in [0.4, 0.5) is 4.39 Å². The van der Waals surface area contributed by atoms with Crippen LogP contribution in [0.3, 0.4) is 0 Å². The molecular formula is C30H26FN3O5S. The molecule has 5 aromatic rings. The summed E-state index contributed by atoms with van der Waals surface area (Å²) >= 11 is 0. The van der Waals surface area contributed by atoms with E-state index in [2.05, 4.69) is 4.98 Å². The van der Waals surface area contributed by atoms with Gasteiger partial charge in [0, 0.05) is 35.4 Å². The number of sulfone groups is 1. The van der Waals surface area contributed by atoms with Crippen molar-refractivity contribution in [1.29, 1.82) is 0 Å². The van der Waals surface area contributed by atoms with Gasteiger partial charge in [-0.1, -0.05) is 30.3 Å². The van der Waals surface area contributed by atoms with Gasteiger partial charge in [-0.2, -0.15) is 0 Å². The van der Waals surface area contributed by atoms with E-state index in [9.17, 15) is 22.4 Å². The second kappa shape index (κ2) is 10.5. The van der Waals surface area contributed by atoms with Crippen LogP contribution in [0, 0.1) is 5.82 Å². The van der Waals surface area contributed by atoms with E-state index in [1.165, 1.54) is 36.3 Å². The van der Waals surface area contributed by atoms with Gasteiger partial charge in [-0.15, -0.1) is 0 Å². The zero-order valence-corrected chi connectivity index (χ0v) is 22.6. The van der Waals surface area contributed by atoms with E-state index in [-0.39, 0.29) is 34.4 Å². The van der Waals surface area contributed by atoms with Crippen molar-refractivity contribution >= 4 is 43.5 Å². The zero-order chi connectivity index (χ0) is 28.6. The average molecular weight is 560 g/mol. The molecule has 1 aromatic heterocycles. The summed E-state index contributed by atoms with van der Waals surface area (Å²) in [6, 6.07) is 21.1. The molecule has 0 aliphatic rings. The first-order valence-corrected chi connectivity index (χ1v) is 14.0. The number of benzene rings is 4. The lowest BCUT2D eigenvalue weighted by molar-refractivity contribution is 0.0803. The number of amides is 2. The summed E-state index contributed by atoms with van der Waals surface area (Å²) in [5, 5.41) is 1.41. The highest BCUT2D eigenvalue weighted by atomic mass is 32.2. The Morgan fingerprint density at radius 1 is 0.950 bits per heavy atom. The number of nitrogens with two attached hydrogens (primary N) is 1. The lowest BCUT2D eigenvalue weighted by atomic mass is 9.98. The molecule has 0 saturated heterocycles. The Morgan fingerprint density at radius 3 is 2.38 bits per heavy atom. The largest absolute Gasteiger partial charge is 0.494 e. The van der Waals surface area contributed by atoms with Gasteiger partial charge in [0.25, 0.3) is 11.8 Å². The Kier molecular flexibility index (Phi) is 7.03. The maximum atomic E-state index is 14.4. The van der Waals surface area contributed by atoms with Crippen molar-refractivity contribution in [3.63, 3.8) is 0 Å². The van der Waals surface area contributed by atoms with Crippen LogP contribution in [0.15, 0.2) is 83.8 Å². The number of halogens is 1. The number of carbonyl (C=O) groups is 2. The summed E-state index contributed by atoms with van der Waals surface area (Å²) in [5.41, 5.74) is 8.46. The fourth-order valence-corrected chi connectivity index (χ4v) is 5.99. The third-order valence-corrected chi connectivity index (χ3v) is 8.56. The van der Waals surface area contributed by atoms with E-state index in [1.54, 1.807) is 55.6 Å². The van der Waals surface area contributed by atoms with Crippen molar-refractivity contribution in [3.05, 3.63) is 95.8 Å². The summed E-state index contributed by atoms with van der Waals surface area (Å²) in [4.78, 5) is 30.3. The normalized spacial score (nSPS) is 11.6. The molecule has 1 heterocycles. The van der Waals surface area contributed by atoms with Crippen molar-refractivity contribution in [1.82, 2.24) is 9.88 Å². The lowest BCUT2D eigenvalue weighted by Gasteiger charge is -2.17. The highest BCUT2D eigenvalue weighted by Gasteiger charge is 2.20. The van der Waals surface area contributed by atoms with E-state index in [0.29, 0.717) is 33.1 Å². The number of hydrogen-bond acceptors (Lipinski definition) is 5. The number of fused-ring (bicyclic) bond motifs is 3. The number of carbonyl (C=O) groups excluding carboxylic acids is 2. The van der Waals surface area contributed by atoms with E-state index in [4.69, 9.17) is 10.5 Å². The molecule has 0 unspecified atom stereocenters. The van der Waals surface area contributed by atoms with Crippen LogP contribution >= 0.6 is 0 Å². The fraction of sp³-hybridized carbons (Fsp3) is 0.133. The molecule has 0 aliphatic carbocycles. The van der Waals surface area contributed by atoms with Crippen LogP contribution in [0.25, 0.3) is 32.9 Å². The number of ether oxygens (including phenoxy) is 1. The van der Waals surface area contributed by atoms with Gasteiger partial charge in [-0.25, -0.2) is 12.8 Å². The van der Waals surface area contributed by atoms with Gasteiger partial charge in [0.2, 0.25) is 0 Å². The minimum absolute atomic E-state index is 0.00834. The molecule has 0 spiro atoms. The Bertz CT molecular complexity index is 1880. The van der Waals surface area contributed by atoms with Gasteiger partial charge in [-0.05, 0) is 59.7 Å². The number of primary amides is 1. The van der Waals surface area contributed by atoms with E-state index >= 15 is 0 Å². The topological polar surface area (TPSA) is 123 Å². The first-order chi connectivity index (χ1) is 19.1. The van der Waals surface area contributed by atoms with Crippen LogP contribution in [0.5, 0.6) is 5.75 Å². The maximum absolute atomic E-state index is 14.4. The summed E-state index contributed by atoms with van der Waals surface area (Å²) in [6.07, 6.45) is 0. The highest BCUT2D eigenvalue weighted by molar-refractivity contribution is 7.91. The molecule has 0 atom stereocenters. The molecule has 8 nitrogen and oxygen atoms in total. The van der Waals surface area contributed by atoms with Crippen molar-refractivity contribution in [3.8, 4) is 16.9 Å². The van der Waals surface area contributed by atoms with E-state index in [1.807, 2.05) is 6.07 Å². The molecule has 40 heavy (non-hydrogen) atoms. The second-order valence-corrected chi connectivity index (χ2v) is 11.5. The number of hydrogen-bond donors (Lipinski definition) is 2. The van der Waals surface area contributed by atoms with Crippen molar-refractivity contribution in [2.24, 2.45) is 5.73 Å². The van der Waals surface area contributed by atoms with Crippen LogP contribution in [-0.2, 0) is 9.84 Å². The minimum Gasteiger partial charge on any atom is -0.494 e. The standard InChI is InChI=1S/C30H26FN3O5S/c1-34(12-13-40(37,38)21-6-4-3-5-7-21)30(36)19-8-10-22-23-14-20(18-9-11-27(39-2)25(31)16-18)15-24(29(32)35)28(23)33-26(22)17-19/h3-11,14-17,33H,12-13H2,1-2H3,(H2,32,35). The Hall–Kier alpha value is -4.70.